The van der Waals surface area contributed by atoms with Crippen molar-refractivity contribution in [1.29, 1.82) is 0 Å². The highest BCUT2D eigenvalue weighted by molar-refractivity contribution is 5.99. The summed E-state index contributed by atoms with van der Waals surface area (Å²) < 4.78 is 28.2. The molecule has 2 aromatic rings. The number of ether oxygens (including phenoxy) is 5. The van der Waals surface area contributed by atoms with Crippen LogP contribution in [0.4, 0.5) is 0 Å². The number of rotatable bonds is 8. The molecule has 1 heterocycles. The summed E-state index contributed by atoms with van der Waals surface area (Å²) in [6, 6.07) is 9.20. The maximum atomic E-state index is 13.4. The van der Waals surface area contributed by atoms with E-state index in [1.54, 1.807) is 11.0 Å². The van der Waals surface area contributed by atoms with Crippen LogP contribution in [0.1, 0.15) is 22.8 Å². The molecule has 1 saturated heterocycles. The predicted molar refractivity (Wildman–Crippen MR) is 124 cm³/mol. The molecule has 1 aliphatic heterocycles. The Morgan fingerprint density at radius 1 is 1.09 bits per heavy atom. The number of methoxy groups -OCH3 is 3. The van der Waals surface area contributed by atoms with Gasteiger partial charge in [-0.2, -0.15) is 0 Å². The number of hydrogen-bond donors (Lipinski definition) is 1. The topological polar surface area (TPSA) is 92.5 Å². The Bertz CT molecular complexity index is 906. The number of nitrogens with zero attached hydrogens (tertiary/aromatic N) is 1. The van der Waals surface area contributed by atoms with Crippen molar-refractivity contribution in [1.82, 2.24) is 4.90 Å². The molecule has 0 radical (unpaired) electrons. The molecule has 2 aromatic carbocycles. The summed E-state index contributed by atoms with van der Waals surface area (Å²) in [5, 5.41) is 0. The van der Waals surface area contributed by atoms with E-state index >= 15 is 0 Å². The number of carbonyl (C=O) groups is 1. The minimum atomic E-state index is -0.184. The summed E-state index contributed by atoms with van der Waals surface area (Å²) in [6.45, 7) is 4.00. The highest BCUT2D eigenvalue weighted by Gasteiger charge is 2.31. The van der Waals surface area contributed by atoms with Crippen molar-refractivity contribution in [3.05, 3.63) is 41.5 Å². The molecule has 176 valence electrons. The molecule has 1 atom stereocenters. The fourth-order valence-corrected chi connectivity index (χ4v) is 3.62. The van der Waals surface area contributed by atoms with Gasteiger partial charge in [0, 0.05) is 12.6 Å². The summed E-state index contributed by atoms with van der Waals surface area (Å²) in [4.78, 5) is 15.2. The van der Waals surface area contributed by atoms with E-state index in [2.05, 4.69) is 0 Å². The first-order chi connectivity index (χ1) is 15.0. The van der Waals surface area contributed by atoms with Gasteiger partial charge in [-0.1, -0.05) is 12.1 Å². The van der Waals surface area contributed by atoms with Crippen molar-refractivity contribution in [3.8, 4) is 28.7 Å². The standard InChI is InChI=1S/C23H30N2O6.ClH/c1-15-14-30-12-11-25(15)23(26)18-13-19(21(28-3)22(29-4)20(18)27-2)31-17-7-5-16(6-8-17)9-10-24;/h5-8,13,15H,9-12,14,24H2,1-4H3;1H/t15-;/m1./s1. The Kier molecular flexibility index (Phi) is 9.43. The molecule has 9 heteroatoms. The van der Waals surface area contributed by atoms with E-state index in [9.17, 15) is 4.79 Å². The van der Waals surface area contributed by atoms with Crippen molar-refractivity contribution in [2.24, 2.45) is 5.73 Å². The molecule has 0 unspecified atom stereocenters. The zero-order valence-corrected chi connectivity index (χ0v) is 19.7. The Balaban J connectivity index is 0.00000363. The van der Waals surface area contributed by atoms with Crippen LogP contribution in [0.15, 0.2) is 30.3 Å². The van der Waals surface area contributed by atoms with Gasteiger partial charge in [-0.3, -0.25) is 4.79 Å². The van der Waals surface area contributed by atoms with Gasteiger partial charge in [0.05, 0.1) is 46.1 Å². The number of halogens is 1. The molecule has 3 rings (SSSR count). The third-order valence-electron chi connectivity index (χ3n) is 5.21. The fraction of sp³-hybridized carbons (Fsp3) is 0.435. The van der Waals surface area contributed by atoms with Crippen molar-refractivity contribution in [3.63, 3.8) is 0 Å². The van der Waals surface area contributed by atoms with Gasteiger partial charge in [0.1, 0.15) is 5.75 Å². The molecule has 1 amide bonds. The molecule has 1 fully saturated rings. The van der Waals surface area contributed by atoms with E-state index in [0.29, 0.717) is 60.6 Å². The normalized spacial score (nSPS) is 15.5. The zero-order chi connectivity index (χ0) is 22.4. The Hall–Kier alpha value is -2.68. The SMILES string of the molecule is COc1c(Oc2ccc(CCN)cc2)cc(C(=O)N2CCOC[C@H]2C)c(OC)c1OC.Cl. The first-order valence-corrected chi connectivity index (χ1v) is 10.2. The number of hydrogen-bond acceptors (Lipinski definition) is 7. The van der Waals surface area contributed by atoms with Crippen LogP contribution >= 0.6 is 12.4 Å². The Morgan fingerprint density at radius 3 is 2.31 bits per heavy atom. The van der Waals surface area contributed by atoms with E-state index in [-0.39, 0.29) is 24.4 Å². The lowest BCUT2D eigenvalue weighted by molar-refractivity contribution is 0.00339. The second kappa shape index (κ2) is 11.8. The van der Waals surface area contributed by atoms with Gasteiger partial charge in [-0.05, 0) is 37.6 Å². The van der Waals surface area contributed by atoms with Crippen LogP contribution in [0.3, 0.4) is 0 Å². The number of benzene rings is 2. The van der Waals surface area contributed by atoms with Crippen LogP contribution in [-0.2, 0) is 11.2 Å². The van der Waals surface area contributed by atoms with E-state index in [0.717, 1.165) is 12.0 Å². The molecule has 32 heavy (non-hydrogen) atoms. The summed E-state index contributed by atoms with van der Waals surface area (Å²) >= 11 is 0. The van der Waals surface area contributed by atoms with Crippen LogP contribution in [0.5, 0.6) is 28.7 Å². The first-order valence-electron chi connectivity index (χ1n) is 10.2. The van der Waals surface area contributed by atoms with Gasteiger partial charge in [-0.15, -0.1) is 12.4 Å². The lowest BCUT2D eigenvalue weighted by atomic mass is 10.1. The van der Waals surface area contributed by atoms with Crippen LogP contribution in [0, 0.1) is 0 Å². The maximum absolute atomic E-state index is 13.4. The fourth-order valence-electron chi connectivity index (χ4n) is 3.62. The highest BCUT2D eigenvalue weighted by atomic mass is 35.5. The smallest absolute Gasteiger partial charge is 0.258 e. The van der Waals surface area contributed by atoms with Crippen LogP contribution in [0.2, 0.25) is 0 Å². The number of amides is 1. The van der Waals surface area contributed by atoms with Crippen molar-refractivity contribution in [2.75, 3.05) is 47.6 Å². The number of carbonyl (C=O) groups excluding carboxylic acids is 1. The molecule has 1 aliphatic rings. The second-order valence-corrected chi connectivity index (χ2v) is 7.23. The molecule has 0 aromatic heterocycles. The summed E-state index contributed by atoms with van der Waals surface area (Å²) in [7, 11) is 4.50. The predicted octanol–water partition coefficient (Wildman–Crippen LogP) is 3.29. The monoisotopic (exact) mass is 466 g/mol. The molecule has 2 N–H and O–H groups in total. The maximum Gasteiger partial charge on any atom is 0.258 e. The molecule has 8 nitrogen and oxygen atoms in total. The summed E-state index contributed by atoms with van der Waals surface area (Å²) in [6.07, 6.45) is 0.788. The lowest BCUT2D eigenvalue weighted by Crippen LogP contribution is -2.47. The Morgan fingerprint density at radius 2 is 1.75 bits per heavy atom. The van der Waals surface area contributed by atoms with Crippen molar-refractivity contribution in [2.45, 2.75) is 19.4 Å². The minimum absolute atomic E-state index is 0. The molecule has 0 aliphatic carbocycles. The third-order valence-corrected chi connectivity index (χ3v) is 5.21. The van der Waals surface area contributed by atoms with Gasteiger partial charge in [0.25, 0.3) is 5.91 Å². The van der Waals surface area contributed by atoms with E-state index in [1.165, 1.54) is 21.3 Å². The minimum Gasteiger partial charge on any atom is -0.492 e. The molecule has 0 saturated carbocycles. The highest BCUT2D eigenvalue weighted by Crippen LogP contribution is 2.48. The van der Waals surface area contributed by atoms with E-state index in [4.69, 9.17) is 29.4 Å². The van der Waals surface area contributed by atoms with E-state index < -0.39 is 0 Å². The van der Waals surface area contributed by atoms with E-state index in [1.807, 2.05) is 31.2 Å². The molecular formula is C23H31ClN2O6. The van der Waals surface area contributed by atoms with Gasteiger partial charge in [0.15, 0.2) is 11.5 Å². The molecule has 0 spiro atoms. The zero-order valence-electron chi connectivity index (χ0n) is 18.9. The lowest BCUT2D eigenvalue weighted by Gasteiger charge is -2.34. The van der Waals surface area contributed by atoms with Crippen molar-refractivity contribution >= 4 is 18.3 Å². The average molecular weight is 467 g/mol. The largest absolute Gasteiger partial charge is 0.492 e. The summed E-state index contributed by atoms with van der Waals surface area (Å²) in [5.41, 5.74) is 7.07. The van der Waals surface area contributed by atoms with Crippen molar-refractivity contribution < 1.29 is 28.5 Å². The van der Waals surface area contributed by atoms with Crippen LogP contribution in [-0.4, -0.2) is 64.5 Å². The molecule has 0 bridgehead atoms. The van der Waals surface area contributed by atoms with Gasteiger partial charge in [0.2, 0.25) is 11.5 Å². The van der Waals surface area contributed by atoms with Gasteiger partial charge >= 0.3 is 0 Å². The second-order valence-electron chi connectivity index (χ2n) is 7.23. The number of nitrogens with two attached hydrogens (primary N) is 1. The molecular weight excluding hydrogens is 436 g/mol. The summed E-state index contributed by atoms with van der Waals surface area (Å²) in [5.74, 6) is 1.72. The van der Waals surface area contributed by atoms with Gasteiger partial charge < -0.3 is 34.3 Å². The first kappa shape index (κ1) is 25.6. The third kappa shape index (κ3) is 5.38. The van der Waals surface area contributed by atoms with Crippen LogP contribution in [0.25, 0.3) is 0 Å². The van der Waals surface area contributed by atoms with Gasteiger partial charge in [-0.25, -0.2) is 0 Å². The quantitative estimate of drug-likeness (QED) is 0.638. The average Bonchev–Trinajstić information content (AvgIpc) is 2.79. The number of morpholine rings is 1. The van der Waals surface area contributed by atoms with Crippen LogP contribution < -0.4 is 24.7 Å². The Labute approximate surface area is 194 Å².